The smallest absolute Gasteiger partial charge is 0.196 e. The number of hydrogen-bond donors (Lipinski definition) is 3. The lowest BCUT2D eigenvalue weighted by Crippen LogP contribution is -2.30. The van der Waals surface area contributed by atoms with Crippen LogP contribution in [-0.2, 0) is 0 Å². The van der Waals surface area contributed by atoms with Gasteiger partial charge in [0.1, 0.15) is 17.1 Å². The second-order valence-electron chi connectivity index (χ2n) is 5.09. The maximum absolute atomic E-state index is 6.24. The van der Waals surface area contributed by atoms with Gasteiger partial charge in [0.15, 0.2) is 11.6 Å². The van der Waals surface area contributed by atoms with Crippen molar-refractivity contribution in [2.75, 3.05) is 28.8 Å². The third-order valence-corrected chi connectivity index (χ3v) is 3.69. The molecule has 4 N–H and O–H groups in total. The van der Waals surface area contributed by atoms with Crippen LogP contribution >= 0.6 is 0 Å². The zero-order valence-electron chi connectivity index (χ0n) is 12.5. The van der Waals surface area contributed by atoms with Crippen molar-refractivity contribution >= 4 is 23.0 Å². The fraction of sp³-hybridized carbons (Fsp3) is 0.0625. The molecule has 0 spiro atoms. The summed E-state index contributed by atoms with van der Waals surface area (Å²) in [4.78, 5) is 0. The van der Waals surface area contributed by atoms with Gasteiger partial charge in [0, 0.05) is 0 Å². The van der Waals surface area contributed by atoms with E-state index in [1.54, 1.807) is 16.9 Å². The maximum Gasteiger partial charge on any atom is 0.196 e. The number of hydrogen-bond acceptors (Lipinski definition) is 6. The molecule has 7 heteroatoms. The van der Waals surface area contributed by atoms with Crippen LogP contribution in [0.2, 0.25) is 0 Å². The molecular formula is C16H16N6O. The van der Waals surface area contributed by atoms with Gasteiger partial charge in [-0.05, 0) is 24.3 Å². The molecule has 0 atom stereocenters. The molecule has 0 radical (unpaired) electrons. The molecule has 0 amide bonds. The van der Waals surface area contributed by atoms with Crippen LogP contribution in [0.15, 0.2) is 54.6 Å². The van der Waals surface area contributed by atoms with Gasteiger partial charge >= 0.3 is 0 Å². The summed E-state index contributed by atoms with van der Waals surface area (Å²) < 4.78 is 7.08. The number of nitrogens with two attached hydrogens (primary N) is 1. The number of ether oxygens (including phenoxy) is 1. The summed E-state index contributed by atoms with van der Waals surface area (Å²) in [6, 6.07) is 17.4. The summed E-state index contributed by atoms with van der Waals surface area (Å²) in [7, 11) is 1.64. The normalized spacial score (nSPS) is 12.5. The van der Waals surface area contributed by atoms with Crippen LogP contribution in [-0.4, -0.2) is 16.9 Å². The van der Waals surface area contributed by atoms with E-state index >= 15 is 0 Å². The first kappa shape index (κ1) is 13.3. The summed E-state index contributed by atoms with van der Waals surface area (Å²) in [6.07, 6.45) is 0. The van der Waals surface area contributed by atoms with Gasteiger partial charge in [0.25, 0.3) is 0 Å². The first-order chi connectivity index (χ1) is 11.3. The number of nitrogen functional groups attached to an aromatic ring is 1. The topological polar surface area (TPSA) is 80.4 Å². The van der Waals surface area contributed by atoms with Gasteiger partial charge in [-0.3, -0.25) is 10.9 Å². The molecule has 3 aromatic rings. The van der Waals surface area contributed by atoms with Crippen molar-refractivity contribution in [3.63, 3.8) is 0 Å². The lowest BCUT2D eigenvalue weighted by molar-refractivity contribution is 0.415. The molecule has 0 saturated carbocycles. The van der Waals surface area contributed by atoms with E-state index in [-0.39, 0.29) is 0 Å². The number of fused-ring (bicyclic) bond motifs is 1. The van der Waals surface area contributed by atoms with E-state index in [1.165, 1.54) is 0 Å². The zero-order valence-corrected chi connectivity index (χ0v) is 12.5. The van der Waals surface area contributed by atoms with E-state index in [2.05, 4.69) is 16.0 Å². The van der Waals surface area contributed by atoms with Gasteiger partial charge in [-0.1, -0.05) is 30.3 Å². The van der Waals surface area contributed by atoms with Crippen LogP contribution in [0, 0.1) is 0 Å². The fourth-order valence-electron chi connectivity index (χ4n) is 2.57. The minimum Gasteiger partial charge on any atom is -0.494 e. The summed E-state index contributed by atoms with van der Waals surface area (Å²) in [5.41, 5.74) is 15.1. The van der Waals surface area contributed by atoms with Crippen molar-refractivity contribution in [2.24, 2.45) is 0 Å². The highest BCUT2D eigenvalue weighted by molar-refractivity contribution is 5.86. The van der Waals surface area contributed by atoms with E-state index in [0.29, 0.717) is 11.6 Å². The Morgan fingerprint density at radius 2 is 1.74 bits per heavy atom. The fourth-order valence-corrected chi connectivity index (χ4v) is 2.57. The maximum atomic E-state index is 6.24. The van der Waals surface area contributed by atoms with Crippen LogP contribution in [0.5, 0.6) is 5.75 Å². The summed E-state index contributed by atoms with van der Waals surface area (Å²) in [5.74, 6) is 1.94. The molecule has 0 bridgehead atoms. The van der Waals surface area contributed by atoms with Gasteiger partial charge < -0.3 is 10.5 Å². The number of hydrazine groups is 2. The first-order valence-electron chi connectivity index (χ1n) is 7.18. The Labute approximate surface area is 133 Å². The minimum atomic E-state index is 0.538. The Morgan fingerprint density at radius 3 is 2.48 bits per heavy atom. The van der Waals surface area contributed by atoms with Crippen molar-refractivity contribution in [3.05, 3.63) is 54.6 Å². The summed E-state index contributed by atoms with van der Waals surface area (Å²) >= 11 is 0. The van der Waals surface area contributed by atoms with Gasteiger partial charge in [-0.2, -0.15) is 5.12 Å². The number of aromatic nitrogens is 2. The molecule has 1 aliphatic rings. The monoisotopic (exact) mass is 308 g/mol. The Bertz CT molecular complexity index is 845. The first-order valence-corrected chi connectivity index (χ1v) is 7.18. The Morgan fingerprint density at radius 1 is 1.00 bits per heavy atom. The Balaban J connectivity index is 1.67. The van der Waals surface area contributed by atoms with Crippen molar-refractivity contribution < 1.29 is 4.74 Å². The molecule has 116 valence electrons. The average Bonchev–Trinajstić information content (AvgIpc) is 3.15. The van der Waals surface area contributed by atoms with E-state index in [1.807, 2.05) is 54.6 Å². The second kappa shape index (κ2) is 5.13. The number of methoxy groups -OCH3 is 1. The molecule has 0 unspecified atom stereocenters. The van der Waals surface area contributed by atoms with Crippen molar-refractivity contribution in [1.29, 1.82) is 0 Å². The van der Waals surface area contributed by atoms with E-state index in [4.69, 9.17) is 10.5 Å². The van der Waals surface area contributed by atoms with Gasteiger partial charge in [-0.25, -0.2) is 4.68 Å². The number of rotatable bonds is 3. The highest BCUT2D eigenvalue weighted by Gasteiger charge is 2.27. The second-order valence-corrected chi connectivity index (χ2v) is 5.09. The van der Waals surface area contributed by atoms with Crippen LogP contribution in [0.3, 0.4) is 0 Å². The average molecular weight is 308 g/mol. The largest absolute Gasteiger partial charge is 0.494 e. The van der Waals surface area contributed by atoms with Crippen LogP contribution in [0.4, 0.5) is 23.0 Å². The molecule has 0 fully saturated rings. The summed E-state index contributed by atoms with van der Waals surface area (Å²) in [5, 5.41) is 6.27. The number of nitrogens with zero attached hydrogens (tertiary/aromatic N) is 3. The highest BCUT2D eigenvalue weighted by Crippen LogP contribution is 2.38. The van der Waals surface area contributed by atoms with E-state index in [0.717, 1.165) is 22.8 Å². The number of para-hydroxylation sites is 3. The number of anilines is 4. The zero-order chi connectivity index (χ0) is 15.8. The molecule has 4 rings (SSSR count). The third-order valence-electron chi connectivity index (χ3n) is 3.69. The molecule has 0 aliphatic carbocycles. The summed E-state index contributed by atoms with van der Waals surface area (Å²) in [6.45, 7) is 0. The van der Waals surface area contributed by atoms with E-state index in [9.17, 15) is 0 Å². The van der Waals surface area contributed by atoms with Crippen LogP contribution in [0.1, 0.15) is 0 Å². The van der Waals surface area contributed by atoms with Gasteiger partial charge in [0.2, 0.25) is 0 Å². The van der Waals surface area contributed by atoms with Crippen molar-refractivity contribution in [1.82, 2.24) is 9.78 Å². The molecule has 2 heterocycles. The lowest BCUT2D eigenvalue weighted by Gasteiger charge is -2.21. The third kappa shape index (κ3) is 2.10. The molecule has 7 nitrogen and oxygen atoms in total. The molecule has 23 heavy (non-hydrogen) atoms. The molecule has 2 aromatic carbocycles. The lowest BCUT2D eigenvalue weighted by atomic mass is 10.3. The molecular weight excluding hydrogens is 292 g/mol. The molecule has 1 aromatic heterocycles. The number of nitrogens with one attached hydrogen (secondary N) is 2. The van der Waals surface area contributed by atoms with Crippen LogP contribution < -0.4 is 26.4 Å². The molecule has 1 aliphatic heterocycles. The van der Waals surface area contributed by atoms with Crippen molar-refractivity contribution in [3.8, 4) is 11.4 Å². The predicted molar refractivity (Wildman–Crippen MR) is 90.7 cm³/mol. The van der Waals surface area contributed by atoms with Gasteiger partial charge in [0.05, 0.1) is 12.8 Å². The predicted octanol–water partition coefficient (Wildman–Crippen LogP) is 2.64. The van der Waals surface area contributed by atoms with Gasteiger partial charge in [-0.15, -0.1) is 5.10 Å². The minimum absolute atomic E-state index is 0.538. The Kier molecular flexibility index (Phi) is 2.97. The standard InChI is InChI=1S/C16H16N6O/c1-23-13-10-6-5-9-12(13)22-18-14-15(17)21(19-16(14)20-22)11-7-3-2-4-8-11/h2-10,18H,17H2,1H3,(H,19,20). The number of benzene rings is 2. The SMILES string of the molecule is COc1ccccc1N1Nc2nn(-c3ccccc3)c(N)c2N1. The van der Waals surface area contributed by atoms with E-state index < -0.39 is 0 Å². The quantitative estimate of drug-likeness (QED) is 0.690. The van der Waals surface area contributed by atoms with Crippen molar-refractivity contribution in [2.45, 2.75) is 0 Å². The highest BCUT2D eigenvalue weighted by atomic mass is 16.5. The molecule has 0 saturated heterocycles. The van der Waals surface area contributed by atoms with Crippen LogP contribution in [0.25, 0.3) is 5.69 Å². The Hall–Kier alpha value is -3.35.